The molecule has 2 rings (SSSR count). The van der Waals surface area contributed by atoms with Crippen LogP contribution in [0.4, 0.5) is 10.1 Å². The molecule has 0 heterocycles. The summed E-state index contributed by atoms with van der Waals surface area (Å²) in [7, 11) is -3.84. The third-order valence-corrected chi connectivity index (χ3v) is 6.14. The van der Waals surface area contributed by atoms with E-state index >= 15 is 0 Å². The van der Waals surface area contributed by atoms with Crippen LogP contribution in [0, 0.1) is 12.7 Å². The van der Waals surface area contributed by atoms with Gasteiger partial charge in [0.25, 0.3) is 0 Å². The monoisotopic (exact) mass is 463 g/mol. The topological polar surface area (TPSA) is 86.8 Å². The smallest absolute Gasteiger partial charge is 0.244 e. The first-order chi connectivity index (χ1) is 15.1. The summed E-state index contributed by atoms with van der Waals surface area (Å²) in [6.07, 6.45) is 1.34. The molecule has 0 aromatic heterocycles. The summed E-state index contributed by atoms with van der Waals surface area (Å²) in [5.41, 5.74) is 2.05. The standard InChI is InChI=1S/C23H30FN3O4S/c1-5-21(23(29)25-6-2)26(15-18-9-7-17(3)8-10-18)22(28)16-27(32(4,30)31)20-13-11-19(24)12-14-20/h7-14,21H,5-6,15-16H2,1-4H3,(H,25,29). The molecule has 2 amide bonds. The van der Waals surface area contributed by atoms with Crippen molar-refractivity contribution in [2.75, 3.05) is 23.7 Å². The minimum Gasteiger partial charge on any atom is -0.355 e. The number of rotatable bonds is 10. The van der Waals surface area contributed by atoms with E-state index in [9.17, 15) is 22.4 Å². The molecule has 1 unspecified atom stereocenters. The van der Waals surface area contributed by atoms with Gasteiger partial charge in [-0.25, -0.2) is 12.8 Å². The van der Waals surface area contributed by atoms with Crippen molar-refractivity contribution in [3.8, 4) is 0 Å². The molecular weight excluding hydrogens is 433 g/mol. The Hall–Kier alpha value is -2.94. The maximum Gasteiger partial charge on any atom is 0.244 e. The number of amides is 2. The fourth-order valence-corrected chi connectivity index (χ4v) is 4.17. The van der Waals surface area contributed by atoms with Crippen molar-refractivity contribution in [3.05, 3.63) is 65.5 Å². The molecule has 0 radical (unpaired) electrons. The number of sulfonamides is 1. The fraction of sp³-hybridized carbons (Fsp3) is 0.391. The van der Waals surface area contributed by atoms with Gasteiger partial charge >= 0.3 is 0 Å². The average Bonchev–Trinajstić information content (AvgIpc) is 2.73. The molecule has 174 valence electrons. The maximum atomic E-state index is 13.4. The molecular formula is C23H30FN3O4S. The number of anilines is 1. The number of nitrogens with one attached hydrogen (secondary N) is 1. The van der Waals surface area contributed by atoms with Gasteiger partial charge in [0.1, 0.15) is 18.4 Å². The summed E-state index contributed by atoms with van der Waals surface area (Å²) in [5, 5.41) is 2.74. The van der Waals surface area contributed by atoms with E-state index in [-0.39, 0.29) is 18.1 Å². The zero-order valence-electron chi connectivity index (χ0n) is 18.8. The van der Waals surface area contributed by atoms with Gasteiger partial charge in [-0.15, -0.1) is 0 Å². The van der Waals surface area contributed by atoms with Crippen LogP contribution in [-0.2, 0) is 26.2 Å². The Morgan fingerprint density at radius 3 is 2.12 bits per heavy atom. The molecule has 0 saturated carbocycles. The summed E-state index contributed by atoms with van der Waals surface area (Å²) in [4.78, 5) is 27.5. The van der Waals surface area contributed by atoms with Crippen LogP contribution in [0.3, 0.4) is 0 Å². The van der Waals surface area contributed by atoms with Gasteiger partial charge in [-0.3, -0.25) is 13.9 Å². The molecule has 2 aromatic rings. The highest BCUT2D eigenvalue weighted by atomic mass is 32.2. The predicted octanol–water partition coefficient (Wildman–Crippen LogP) is 2.84. The Balaban J connectivity index is 2.40. The zero-order chi connectivity index (χ0) is 23.9. The summed E-state index contributed by atoms with van der Waals surface area (Å²) < 4.78 is 39.1. The van der Waals surface area contributed by atoms with Crippen molar-refractivity contribution < 1.29 is 22.4 Å². The first-order valence-corrected chi connectivity index (χ1v) is 12.3. The lowest BCUT2D eigenvalue weighted by molar-refractivity contribution is -0.140. The number of benzene rings is 2. The van der Waals surface area contributed by atoms with E-state index in [2.05, 4.69) is 5.32 Å². The number of nitrogens with zero attached hydrogens (tertiary/aromatic N) is 2. The molecule has 0 bridgehead atoms. The Morgan fingerprint density at radius 2 is 1.62 bits per heavy atom. The molecule has 0 aliphatic heterocycles. The van der Waals surface area contributed by atoms with E-state index in [0.29, 0.717) is 13.0 Å². The summed E-state index contributed by atoms with van der Waals surface area (Å²) >= 11 is 0. The minimum absolute atomic E-state index is 0.149. The Labute approximate surface area is 189 Å². The first kappa shape index (κ1) is 25.3. The molecule has 0 spiro atoms. The number of likely N-dealkylation sites (N-methyl/N-ethyl adjacent to an activating group) is 1. The molecule has 0 aliphatic carbocycles. The van der Waals surface area contributed by atoms with Gasteiger partial charge in [0.2, 0.25) is 21.8 Å². The molecule has 0 fully saturated rings. The molecule has 1 N–H and O–H groups in total. The number of carbonyl (C=O) groups excluding carboxylic acids is 2. The second-order valence-electron chi connectivity index (χ2n) is 7.57. The van der Waals surface area contributed by atoms with E-state index in [1.54, 1.807) is 13.8 Å². The summed E-state index contributed by atoms with van der Waals surface area (Å²) in [6, 6.07) is 11.7. The van der Waals surface area contributed by atoms with Crippen molar-refractivity contribution in [3.63, 3.8) is 0 Å². The van der Waals surface area contributed by atoms with Crippen LogP contribution in [-0.4, -0.2) is 50.5 Å². The van der Waals surface area contributed by atoms with Crippen LogP contribution >= 0.6 is 0 Å². The lowest BCUT2D eigenvalue weighted by atomic mass is 10.1. The SMILES string of the molecule is CCNC(=O)C(CC)N(Cc1ccc(C)cc1)C(=O)CN(c1ccc(F)cc1)S(C)(=O)=O. The van der Waals surface area contributed by atoms with Gasteiger partial charge in [-0.05, 0) is 50.1 Å². The van der Waals surface area contributed by atoms with Crippen LogP contribution in [0.25, 0.3) is 0 Å². The molecule has 0 aliphatic rings. The van der Waals surface area contributed by atoms with E-state index in [1.165, 1.54) is 17.0 Å². The molecule has 9 heteroatoms. The van der Waals surface area contributed by atoms with Crippen molar-refractivity contribution in [2.24, 2.45) is 0 Å². The van der Waals surface area contributed by atoms with Crippen molar-refractivity contribution in [1.29, 1.82) is 0 Å². The van der Waals surface area contributed by atoms with Crippen molar-refractivity contribution in [2.45, 2.75) is 39.8 Å². The highest BCUT2D eigenvalue weighted by Gasteiger charge is 2.31. The molecule has 2 aromatic carbocycles. The lowest BCUT2D eigenvalue weighted by Gasteiger charge is -2.32. The lowest BCUT2D eigenvalue weighted by Crippen LogP contribution is -2.52. The van der Waals surface area contributed by atoms with Crippen molar-refractivity contribution in [1.82, 2.24) is 10.2 Å². The van der Waals surface area contributed by atoms with Crippen LogP contribution < -0.4 is 9.62 Å². The Kier molecular flexibility index (Phi) is 8.77. The van der Waals surface area contributed by atoms with E-state index < -0.39 is 34.3 Å². The highest BCUT2D eigenvalue weighted by Crippen LogP contribution is 2.20. The largest absolute Gasteiger partial charge is 0.355 e. The maximum absolute atomic E-state index is 13.4. The third-order valence-electron chi connectivity index (χ3n) is 5.00. The van der Waals surface area contributed by atoms with Gasteiger partial charge in [0, 0.05) is 13.1 Å². The zero-order valence-corrected chi connectivity index (χ0v) is 19.7. The normalized spacial score (nSPS) is 12.2. The predicted molar refractivity (Wildman–Crippen MR) is 123 cm³/mol. The Morgan fingerprint density at radius 1 is 1.03 bits per heavy atom. The van der Waals surface area contributed by atoms with E-state index in [1.807, 2.05) is 31.2 Å². The highest BCUT2D eigenvalue weighted by molar-refractivity contribution is 7.92. The van der Waals surface area contributed by atoms with Crippen LogP contribution in [0.1, 0.15) is 31.4 Å². The number of hydrogen-bond acceptors (Lipinski definition) is 4. The minimum atomic E-state index is -3.84. The first-order valence-electron chi connectivity index (χ1n) is 10.4. The molecule has 32 heavy (non-hydrogen) atoms. The van der Waals surface area contributed by atoms with Crippen LogP contribution in [0.15, 0.2) is 48.5 Å². The second kappa shape index (κ2) is 11.1. The van der Waals surface area contributed by atoms with Gasteiger partial charge in [-0.1, -0.05) is 36.8 Å². The van der Waals surface area contributed by atoms with Gasteiger partial charge in [-0.2, -0.15) is 0 Å². The average molecular weight is 464 g/mol. The molecule has 7 nitrogen and oxygen atoms in total. The molecule has 0 saturated heterocycles. The fourth-order valence-electron chi connectivity index (χ4n) is 3.32. The number of carbonyl (C=O) groups is 2. The second-order valence-corrected chi connectivity index (χ2v) is 9.48. The van der Waals surface area contributed by atoms with Crippen LogP contribution in [0.2, 0.25) is 0 Å². The quantitative estimate of drug-likeness (QED) is 0.587. The van der Waals surface area contributed by atoms with Gasteiger partial charge < -0.3 is 10.2 Å². The molecule has 1 atom stereocenters. The summed E-state index contributed by atoms with van der Waals surface area (Å²) in [5.74, 6) is -1.35. The van der Waals surface area contributed by atoms with Gasteiger partial charge in [0.15, 0.2) is 0 Å². The number of halogens is 1. The van der Waals surface area contributed by atoms with Crippen molar-refractivity contribution >= 4 is 27.5 Å². The third kappa shape index (κ3) is 6.78. The van der Waals surface area contributed by atoms with Gasteiger partial charge in [0.05, 0.1) is 11.9 Å². The van der Waals surface area contributed by atoms with E-state index in [0.717, 1.165) is 33.8 Å². The Bertz CT molecular complexity index is 1020. The van der Waals surface area contributed by atoms with E-state index in [4.69, 9.17) is 0 Å². The number of hydrogen-bond donors (Lipinski definition) is 1. The number of aryl methyl sites for hydroxylation is 1. The summed E-state index contributed by atoms with van der Waals surface area (Å²) in [6.45, 7) is 5.58. The van der Waals surface area contributed by atoms with Crippen LogP contribution in [0.5, 0.6) is 0 Å².